The second-order valence-corrected chi connectivity index (χ2v) is 26.4. The summed E-state index contributed by atoms with van der Waals surface area (Å²) < 4.78 is 144. The van der Waals surface area contributed by atoms with E-state index in [1.165, 1.54) is 0 Å². The number of ketones is 2. The molecule has 692 valence electrons. The number of nitrogens with one attached hydrogen (secondary N) is 2. The predicted molar refractivity (Wildman–Crippen MR) is 432 cm³/mol. The lowest BCUT2D eigenvalue weighted by Gasteiger charge is -2.18. The molecule has 0 aliphatic carbocycles. The molecule has 1 saturated heterocycles. The lowest BCUT2D eigenvalue weighted by molar-refractivity contribution is -0.139. The highest BCUT2D eigenvalue weighted by molar-refractivity contribution is 6.03. The number of methoxy groups -OCH3 is 1. The molecule has 0 saturated carbocycles. The molecular formula is C81H141N7O32. The van der Waals surface area contributed by atoms with Crippen molar-refractivity contribution in [2.24, 2.45) is 5.92 Å². The Balaban J connectivity index is 0.980. The molecular weight excluding hydrogens is 1580 g/mol. The molecule has 120 heavy (non-hydrogen) atoms. The van der Waals surface area contributed by atoms with Crippen molar-refractivity contribution in [2.75, 3.05) is 351 Å². The molecule has 1 aromatic heterocycles. The standard InChI is InChI=1S/C81H141N7O32/c1-70-69-79(93)88(81(70)94)18-15-77(91)82-17-22-97-21-16-78(92)83-75(14-11-73(89)7-4-5-20-120-74-12-9-72(10-13-74)80-86-84-71(2)85-87-80)76(90)8-6-19-96-25-26-99-29-30-101-33-34-103-37-38-105-41-42-107-45-46-109-49-50-111-53-54-113-57-58-115-61-62-117-65-66-119-68-67-118-64-63-116-60-59-114-56-55-112-52-51-110-48-47-108-44-43-106-40-39-104-36-35-102-32-31-100-28-27-98-24-23-95-3/h9-10,12-13,70,75H,4-8,11,14-69H2,1-3H3,(H,82,91)(H,83,92). The zero-order valence-corrected chi connectivity index (χ0v) is 71.6. The fraction of sp³-hybridized carbons (Fsp3) is 0.827. The number of carbonyl (C=O) groups excluding carboxylic acids is 6. The Kier molecular flexibility index (Phi) is 75.0. The van der Waals surface area contributed by atoms with E-state index in [0.29, 0.717) is 360 Å². The maximum absolute atomic E-state index is 13.5. The molecule has 2 unspecified atom stereocenters. The van der Waals surface area contributed by atoms with Gasteiger partial charge in [-0.15, -0.1) is 20.4 Å². The fourth-order valence-corrected chi connectivity index (χ4v) is 10.2. The summed E-state index contributed by atoms with van der Waals surface area (Å²) in [6.45, 7) is 25.7. The molecule has 2 aromatic rings. The van der Waals surface area contributed by atoms with Gasteiger partial charge in [-0.3, -0.25) is 33.7 Å². The van der Waals surface area contributed by atoms with Gasteiger partial charge in [0.25, 0.3) is 0 Å². The summed E-state index contributed by atoms with van der Waals surface area (Å²) in [5, 5.41) is 21.4. The van der Waals surface area contributed by atoms with Crippen LogP contribution in [0.2, 0.25) is 0 Å². The van der Waals surface area contributed by atoms with Crippen LogP contribution in [0.1, 0.15) is 77.0 Å². The van der Waals surface area contributed by atoms with E-state index in [2.05, 4.69) is 31.0 Å². The smallest absolute Gasteiger partial charge is 0.232 e. The van der Waals surface area contributed by atoms with Gasteiger partial charge in [0.05, 0.1) is 330 Å². The number of imide groups is 1. The van der Waals surface area contributed by atoms with E-state index in [1.54, 1.807) is 33.1 Å². The van der Waals surface area contributed by atoms with Gasteiger partial charge in [-0.05, 0) is 56.9 Å². The number of rotatable bonds is 94. The molecule has 1 fully saturated rings. The molecule has 4 amide bonds. The van der Waals surface area contributed by atoms with Gasteiger partial charge in [0.15, 0.2) is 11.6 Å². The lowest BCUT2D eigenvalue weighted by Crippen LogP contribution is -2.41. The molecule has 1 aromatic carbocycles. The van der Waals surface area contributed by atoms with Crippen LogP contribution in [-0.4, -0.2) is 417 Å². The van der Waals surface area contributed by atoms with Crippen molar-refractivity contribution in [3.05, 3.63) is 30.1 Å². The number of aromatic nitrogens is 4. The first-order valence-electron chi connectivity index (χ1n) is 42.1. The van der Waals surface area contributed by atoms with Gasteiger partial charge in [0.2, 0.25) is 29.5 Å². The summed E-state index contributed by atoms with van der Waals surface area (Å²) in [4.78, 5) is 77.0. The van der Waals surface area contributed by atoms with E-state index < -0.39 is 11.9 Å². The van der Waals surface area contributed by atoms with Gasteiger partial charge in [-0.25, -0.2) is 0 Å². The third-order valence-corrected chi connectivity index (χ3v) is 16.6. The summed E-state index contributed by atoms with van der Waals surface area (Å²) in [6.07, 6.45) is 2.34. The number of nitrogens with zero attached hydrogens (tertiary/aromatic N) is 5. The van der Waals surface area contributed by atoms with Crippen molar-refractivity contribution in [3.8, 4) is 17.1 Å². The van der Waals surface area contributed by atoms with Gasteiger partial charge in [-0.1, -0.05) is 6.92 Å². The monoisotopic (exact) mass is 1720 g/mol. The Morgan fingerprint density at radius 1 is 0.367 bits per heavy atom. The number of hydrogen-bond donors (Lipinski definition) is 2. The van der Waals surface area contributed by atoms with Crippen molar-refractivity contribution in [1.82, 2.24) is 35.9 Å². The number of amides is 4. The first-order valence-corrected chi connectivity index (χ1v) is 42.1. The number of ether oxygens (including phenoxy) is 26. The minimum atomic E-state index is -0.882. The first-order chi connectivity index (χ1) is 59.1. The molecule has 0 spiro atoms. The van der Waals surface area contributed by atoms with E-state index in [4.69, 9.17) is 123 Å². The van der Waals surface area contributed by atoms with Crippen LogP contribution in [0.3, 0.4) is 0 Å². The molecule has 39 nitrogen and oxygen atoms in total. The maximum Gasteiger partial charge on any atom is 0.232 e. The predicted octanol–water partition coefficient (Wildman–Crippen LogP) is 2.31. The highest BCUT2D eigenvalue weighted by Crippen LogP contribution is 2.20. The third kappa shape index (κ3) is 67.8. The first kappa shape index (κ1) is 109. The van der Waals surface area contributed by atoms with Gasteiger partial charge in [-0.2, -0.15) is 0 Å². The van der Waals surface area contributed by atoms with Gasteiger partial charge < -0.3 is 134 Å². The SMILES string of the molecule is COCCOCCOCCOCCOCCOCCOCCOCCOCCOCCOCCOCCOCCOCCOCCOCCOCCOCCOCCOCCOCCOCCOCCOCCCC(=O)C(CCC(=O)CCCCOc1ccc(-c2nnc(C)nn2)cc1)NC(=O)CCOCCNC(=O)CCN1C(=O)CC(C)C1=O. The molecule has 39 heteroatoms. The molecule has 2 atom stereocenters. The summed E-state index contributed by atoms with van der Waals surface area (Å²) in [6, 6.07) is 6.36. The Morgan fingerprint density at radius 2 is 0.700 bits per heavy atom. The number of benzene rings is 1. The molecule has 2 heterocycles. The van der Waals surface area contributed by atoms with Gasteiger partial charge >= 0.3 is 0 Å². The number of unbranched alkanes of at least 4 members (excludes halogenated alkanes) is 1. The zero-order chi connectivity index (χ0) is 85.8. The Morgan fingerprint density at radius 3 is 1.03 bits per heavy atom. The van der Waals surface area contributed by atoms with Crippen LogP contribution in [-0.2, 0) is 147 Å². The number of carbonyl (C=O) groups is 6. The summed E-state index contributed by atoms with van der Waals surface area (Å²) in [7, 11) is 1.64. The molecule has 0 radical (unpaired) electrons. The minimum absolute atomic E-state index is 0.0152. The van der Waals surface area contributed by atoms with E-state index >= 15 is 0 Å². The lowest BCUT2D eigenvalue weighted by atomic mass is 9.99. The van der Waals surface area contributed by atoms with Crippen LogP contribution < -0.4 is 15.4 Å². The van der Waals surface area contributed by atoms with Crippen molar-refractivity contribution in [1.29, 1.82) is 0 Å². The fourth-order valence-electron chi connectivity index (χ4n) is 10.2. The van der Waals surface area contributed by atoms with Crippen molar-refractivity contribution in [2.45, 2.75) is 84.1 Å². The maximum atomic E-state index is 13.5. The average Bonchev–Trinajstić information content (AvgIpc) is 1.65. The van der Waals surface area contributed by atoms with Crippen LogP contribution in [0, 0.1) is 12.8 Å². The Hall–Kier alpha value is -5.62. The zero-order valence-electron chi connectivity index (χ0n) is 71.6. The quantitative estimate of drug-likeness (QED) is 0.0708. The van der Waals surface area contributed by atoms with Crippen LogP contribution in [0.25, 0.3) is 11.4 Å². The van der Waals surface area contributed by atoms with Crippen LogP contribution in [0.4, 0.5) is 0 Å². The third-order valence-electron chi connectivity index (χ3n) is 16.6. The van der Waals surface area contributed by atoms with Gasteiger partial charge in [0, 0.05) is 76.8 Å². The van der Waals surface area contributed by atoms with E-state index in [0.717, 1.165) is 10.5 Å². The highest BCUT2D eigenvalue weighted by Gasteiger charge is 2.35. The topological polar surface area (TPSA) is 421 Å². The number of likely N-dealkylation sites (tertiary alicyclic amines) is 1. The van der Waals surface area contributed by atoms with E-state index in [9.17, 15) is 28.8 Å². The summed E-state index contributed by atoms with van der Waals surface area (Å²) in [5.41, 5.74) is 0.752. The van der Waals surface area contributed by atoms with Crippen molar-refractivity contribution in [3.63, 3.8) is 0 Å². The summed E-state index contributed by atoms with van der Waals surface area (Å²) >= 11 is 0. The van der Waals surface area contributed by atoms with E-state index in [1.807, 2.05) is 12.1 Å². The Labute approximate surface area is 708 Å². The second-order valence-electron chi connectivity index (χ2n) is 26.4. The summed E-state index contributed by atoms with van der Waals surface area (Å²) in [5.74, 6) is -0.410. The van der Waals surface area contributed by atoms with Crippen LogP contribution in [0.15, 0.2) is 24.3 Å². The molecule has 3 rings (SSSR count). The average molecular weight is 1730 g/mol. The van der Waals surface area contributed by atoms with Crippen LogP contribution in [0.5, 0.6) is 5.75 Å². The van der Waals surface area contributed by atoms with Crippen molar-refractivity contribution < 1.29 is 152 Å². The van der Waals surface area contributed by atoms with E-state index in [-0.39, 0.29) is 100 Å². The van der Waals surface area contributed by atoms with Gasteiger partial charge in [0.1, 0.15) is 11.5 Å². The number of aryl methyl sites for hydroxylation is 1. The largest absolute Gasteiger partial charge is 0.494 e. The molecule has 0 bridgehead atoms. The number of Topliss-reactive ketones (excluding diaryl/α,β-unsaturated/α-hetero) is 2. The number of hydrogen-bond acceptors (Lipinski definition) is 36. The Bertz CT molecular complexity index is 2720. The molecule has 1 aliphatic rings. The normalized spacial score (nSPS) is 13.2. The van der Waals surface area contributed by atoms with Crippen molar-refractivity contribution >= 4 is 35.2 Å². The molecule has 2 N–H and O–H groups in total. The molecule has 1 aliphatic heterocycles. The minimum Gasteiger partial charge on any atom is -0.494 e. The highest BCUT2D eigenvalue weighted by atomic mass is 16.6. The van der Waals surface area contributed by atoms with Crippen LogP contribution >= 0.6 is 0 Å². The second kappa shape index (κ2) is 83.0.